The first kappa shape index (κ1) is 38.9. The molecule has 1 heterocycles. The molecule has 0 aliphatic carbocycles. The number of halogens is 3. The third-order valence-corrected chi connectivity index (χ3v) is 9.76. The van der Waals surface area contributed by atoms with Crippen LogP contribution in [0.15, 0.2) is 29.2 Å². The van der Waals surface area contributed by atoms with Crippen molar-refractivity contribution in [3.8, 4) is 0 Å². The van der Waals surface area contributed by atoms with Crippen LogP contribution >= 0.6 is 0 Å². The highest BCUT2D eigenvalue weighted by Gasteiger charge is 2.42. The van der Waals surface area contributed by atoms with E-state index in [9.17, 15) is 40.8 Å². The fourth-order valence-electron chi connectivity index (χ4n) is 5.67. The summed E-state index contributed by atoms with van der Waals surface area (Å²) in [5, 5.41) is 1.60. The monoisotopic (exact) mass is 679 g/mol. The molecular formula is C29H44F3N5O8S. The van der Waals surface area contributed by atoms with Gasteiger partial charge in [0, 0.05) is 33.5 Å². The number of alkyl halides is 3. The number of likely N-dealkylation sites (N-methyl/N-ethyl adjacent to an activating group) is 1. The van der Waals surface area contributed by atoms with Gasteiger partial charge in [0.25, 0.3) is 10.0 Å². The molecule has 0 aromatic heterocycles. The van der Waals surface area contributed by atoms with Gasteiger partial charge in [-0.15, -0.1) is 0 Å². The van der Waals surface area contributed by atoms with E-state index in [1.165, 1.54) is 26.0 Å². The molecule has 1 aliphatic heterocycles. The number of carbonyl (C=O) groups excluding carboxylic acids is 4. The molecule has 46 heavy (non-hydrogen) atoms. The Hall–Kier alpha value is -3.28. The van der Waals surface area contributed by atoms with Crippen molar-refractivity contribution in [3.05, 3.63) is 24.3 Å². The molecule has 0 spiro atoms. The van der Waals surface area contributed by atoms with Crippen LogP contribution in [-0.2, 0) is 38.7 Å². The Morgan fingerprint density at radius 3 is 2.22 bits per heavy atom. The number of nitrogens with one attached hydrogen (secondary N) is 2. The molecular weight excluding hydrogens is 635 g/mol. The Bertz CT molecular complexity index is 1330. The lowest BCUT2D eigenvalue weighted by molar-refractivity contribution is -0.167. The van der Waals surface area contributed by atoms with Crippen molar-refractivity contribution in [1.29, 1.82) is 0 Å². The third-order valence-electron chi connectivity index (χ3n) is 8.39. The molecule has 1 aliphatic rings. The van der Waals surface area contributed by atoms with Gasteiger partial charge in [-0.25, -0.2) is 13.1 Å². The second-order valence-electron chi connectivity index (χ2n) is 11.3. The quantitative estimate of drug-likeness (QED) is 0.250. The molecule has 1 saturated heterocycles. The van der Waals surface area contributed by atoms with Crippen molar-refractivity contribution < 1.29 is 50.2 Å². The number of hydrogen-bond acceptors (Lipinski definition) is 9. The Labute approximate surface area is 267 Å². The Kier molecular flexibility index (Phi) is 14.0. The zero-order valence-corrected chi connectivity index (χ0v) is 27.6. The maximum absolute atomic E-state index is 13.7. The average molecular weight is 680 g/mol. The second-order valence-corrected chi connectivity index (χ2v) is 13.0. The van der Waals surface area contributed by atoms with E-state index in [2.05, 4.69) is 0 Å². The first-order valence-electron chi connectivity index (χ1n) is 14.8. The molecule has 1 aromatic rings. The SMILES string of the molecule is CC[C@H](C)[C@@H]([C@@H](CC(=O)N1CCC[C@H]1[C@H](OC)[C@@H](C)C(=O)NS(=O)(=O)c1ccc(NC(=O)C(F)(F)F)cc1)OC)N(C)C(=O)CN. The van der Waals surface area contributed by atoms with Gasteiger partial charge in [0.05, 0.1) is 48.1 Å². The minimum Gasteiger partial charge on any atom is -0.379 e. The largest absolute Gasteiger partial charge is 0.471 e. The molecule has 17 heteroatoms. The van der Waals surface area contributed by atoms with Crippen molar-refractivity contribution >= 4 is 39.3 Å². The summed E-state index contributed by atoms with van der Waals surface area (Å²) >= 11 is 0. The second kappa shape index (κ2) is 16.5. The number of rotatable bonds is 15. The number of methoxy groups -OCH3 is 2. The topological polar surface area (TPSA) is 177 Å². The standard InChI is InChI=1S/C29H44F3N5O8S/c1-7-17(2)25(36(4)24(39)16-33)22(44-5)15-23(38)37-14-8-9-21(37)26(45-6)18(3)27(40)35-46(42,43)20-12-10-19(11-13-20)34-28(41)29(30,31)32/h10-13,17-18,21-22,25-26H,7-9,14-16,33H2,1-6H3,(H,34,41)(H,35,40)/t17-,18+,21-,22+,25-,26+/m0/s1. The molecule has 0 bridgehead atoms. The number of ether oxygens (including phenoxy) is 2. The average Bonchev–Trinajstić information content (AvgIpc) is 3.49. The van der Waals surface area contributed by atoms with Crippen molar-refractivity contribution in [2.24, 2.45) is 17.6 Å². The zero-order chi connectivity index (χ0) is 35.0. The minimum atomic E-state index is -5.13. The van der Waals surface area contributed by atoms with E-state index in [-0.39, 0.29) is 36.4 Å². The normalized spacial score (nSPS) is 18.7. The van der Waals surface area contributed by atoms with E-state index in [0.29, 0.717) is 25.8 Å². The molecule has 13 nitrogen and oxygen atoms in total. The third kappa shape index (κ3) is 9.62. The Morgan fingerprint density at radius 2 is 1.72 bits per heavy atom. The van der Waals surface area contributed by atoms with Crippen LogP contribution in [-0.4, -0.2) is 107 Å². The summed E-state index contributed by atoms with van der Waals surface area (Å²) in [6.45, 7) is 5.55. The lowest BCUT2D eigenvalue weighted by Crippen LogP contribution is -2.54. The van der Waals surface area contributed by atoms with Gasteiger partial charge in [-0.2, -0.15) is 13.2 Å². The first-order chi connectivity index (χ1) is 21.4. The minimum absolute atomic E-state index is 0.0140. The number of hydrogen-bond donors (Lipinski definition) is 3. The lowest BCUT2D eigenvalue weighted by Gasteiger charge is -2.39. The van der Waals surface area contributed by atoms with Crippen molar-refractivity contribution in [1.82, 2.24) is 14.5 Å². The molecule has 1 fully saturated rings. The number of benzene rings is 1. The highest BCUT2D eigenvalue weighted by atomic mass is 32.2. The number of likely N-dealkylation sites (tertiary alicyclic amines) is 1. The number of nitrogens with two attached hydrogens (primary N) is 1. The van der Waals surface area contributed by atoms with E-state index in [1.807, 2.05) is 18.6 Å². The predicted octanol–water partition coefficient (Wildman–Crippen LogP) is 1.87. The van der Waals surface area contributed by atoms with Crippen LogP contribution in [0.2, 0.25) is 0 Å². The van der Waals surface area contributed by atoms with E-state index in [0.717, 1.165) is 24.3 Å². The highest BCUT2D eigenvalue weighted by Crippen LogP contribution is 2.29. The van der Waals surface area contributed by atoms with Gasteiger partial charge >= 0.3 is 12.1 Å². The number of sulfonamides is 1. The van der Waals surface area contributed by atoms with Crippen LogP contribution in [0.5, 0.6) is 0 Å². The van der Waals surface area contributed by atoms with Crippen molar-refractivity contribution in [3.63, 3.8) is 0 Å². The summed E-state index contributed by atoms with van der Waals surface area (Å²) in [7, 11) is -0.0227. The summed E-state index contributed by atoms with van der Waals surface area (Å²) in [5.41, 5.74) is 5.28. The summed E-state index contributed by atoms with van der Waals surface area (Å²) in [4.78, 5) is 53.0. The van der Waals surface area contributed by atoms with E-state index in [1.54, 1.807) is 17.3 Å². The summed E-state index contributed by atoms with van der Waals surface area (Å²) in [5.74, 6) is -4.79. The maximum atomic E-state index is 13.7. The van der Waals surface area contributed by atoms with Gasteiger partial charge < -0.3 is 30.3 Å². The lowest BCUT2D eigenvalue weighted by atomic mass is 9.90. The Morgan fingerprint density at radius 1 is 1.11 bits per heavy atom. The van der Waals surface area contributed by atoms with Crippen LogP contribution in [0, 0.1) is 11.8 Å². The highest BCUT2D eigenvalue weighted by molar-refractivity contribution is 7.90. The fraction of sp³-hybridized carbons (Fsp3) is 0.655. The van der Waals surface area contributed by atoms with Gasteiger partial charge in [0.1, 0.15) is 0 Å². The van der Waals surface area contributed by atoms with Gasteiger partial charge in [0.15, 0.2) is 0 Å². The molecule has 1 aromatic carbocycles. The van der Waals surface area contributed by atoms with Crippen LogP contribution in [0.3, 0.4) is 0 Å². The van der Waals surface area contributed by atoms with E-state index >= 15 is 0 Å². The van der Waals surface area contributed by atoms with E-state index < -0.39 is 63.1 Å². The predicted molar refractivity (Wildman–Crippen MR) is 162 cm³/mol. The van der Waals surface area contributed by atoms with Crippen LogP contribution < -0.4 is 15.8 Å². The fourth-order valence-corrected chi connectivity index (χ4v) is 6.74. The molecule has 0 radical (unpaired) electrons. The number of carbonyl (C=O) groups is 4. The molecule has 0 saturated carbocycles. The van der Waals surface area contributed by atoms with Gasteiger partial charge in [-0.3, -0.25) is 19.2 Å². The number of amides is 4. The summed E-state index contributed by atoms with van der Waals surface area (Å²) in [6, 6.07) is 2.78. The van der Waals surface area contributed by atoms with Gasteiger partial charge in [0.2, 0.25) is 17.7 Å². The van der Waals surface area contributed by atoms with Crippen LogP contribution in [0.4, 0.5) is 18.9 Å². The van der Waals surface area contributed by atoms with Crippen LogP contribution in [0.1, 0.15) is 46.5 Å². The van der Waals surface area contributed by atoms with Crippen LogP contribution in [0.25, 0.3) is 0 Å². The Balaban J connectivity index is 2.18. The molecule has 4 N–H and O–H groups in total. The maximum Gasteiger partial charge on any atom is 0.471 e. The zero-order valence-electron chi connectivity index (χ0n) is 26.8. The molecule has 0 unspecified atom stereocenters. The summed E-state index contributed by atoms with van der Waals surface area (Å²) < 4.78 is 76.6. The molecule has 260 valence electrons. The molecule has 2 rings (SSSR count). The first-order valence-corrected chi connectivity index (χ1v) is 16.3. The summed E-state index contributed by atoms with van der Waals surface area (Å²) in [6.07, 6.45) is -4.92. The van der Waals surface area contributed by atoms with Gasteiger partial charge in [-0.1, -0.05) is 27.2 Å². The number of nitrogens with zero attached hydrogens (tertiary/aromatic N) is 2. The van der Waals surface area contributed by atoms with Crippen molar-refractivity contribution in [2.45, 2.75) is 81.8 Å². The molecule has 4 amide bonds. The van der Waals surface area contributed by atoms with E-state index in [4.69, 9.17) is 15.2 Å². The number of anilines is 1. The molecule has 6 atom stereocenters. The van der Waals surface area contributed by atoms with Gasteiger partial charge in [-0.05, 0) is 43.0 Å². The van der Waals surface area contributed by atoms with Crippen molar-refractivity contribution in [2.75, 3.05) is 39.7 Å². The smallest absolute Gasteiger partial charge is 0.379 e.